The van der Waals surface area contributed by atoms with E-state index in [4.69, 9.17) is 29.9 Å². The SMILES string of the molecule is O=P(OCCOCCCl)(Oc1ccccc1)Oc1ccccc1. The average Bonchev–Trinajstić information content (AvgIpc) is 2.56. The van der Waals surface area contributed by atoms with Crippen LogP contribution in [-0.4, -0.2) is 25.7 Å². The molecule has 2 aromatic carbocycles. The Morgan fingerprint density at radius 2 is 1.30 bits per heavy atom. The minimum absolute atomic E-state index is 0.0633. The van der Waals surface area contributed by atoms with Gasteiger partial charge in [0.25, 0.3) is 0 Å². The van der Waals surface area contributed by atoms with Crippen LogP contribution in [0.15, 0.2) is 60.7 Å². The lowest BCUT2D eigenvalue weighted by Crippen LogP contribution is -2.10. The molecule has 0 saturated heterocycles. The molecule has 0 fully saturated rings. The molecule has 2 rings (SSSR count). The lowest BCUT2D eigenvalue weighted by Gasteiger charge is -2.19. The summed E-state index contributed by atoms with van der Waals surface area (Å²) in [7, 11) is -3.82. The summed E-state index contributed by atoms with van der Waals surface area (Å²) in [6.07, 6.45) is 0. The highest BCUT2D eigenvalue weighted by Crippen LogP contribution is 2.49. The van der Waals surface area contributed by atoms with Crippen molar-refractivity contribution in [1.82, 2.24) is 0 Å². The summed E-state index contributed by atoms with van der Waals surface area (Å²) >= 11 is 5.52. The van der Waals surface area contributed by atoms with Gasteiger partial charge in [-0.25, -0.2) is 4.57 Å². The van der Waals surface area contributed by atoms with Gasteiger partial charge in [0.1, 0.15) is 11.5 Å². The Balaban J connectivity index is 2.02. The highest BCUT2D eigenvalue weighted by molar-refractivity contribution is 7.49. The summed E-state index contributed by atoms with van der Waals surface area (Å²) in [5.74, 6) is 1.18. The van der Waals surface area contributed by atoms with E-state index in [-0.39, 0.29) is 13.2 Å². The Kier molecular flexibility index (Phi) is 7.43. The summed E-state index contributed by atoms with van der Waals surface area (Å²) in [6.45, 7) is 0.704. The van der Waals surface area contributed by atoms with Crippen molar-refractivity contribution in [3.05, 3.63) is 60.7 Å². The fourth-order valence-corrected chi connectivity index (χ4v) is 2.97. The van der Waals surface area contributed by atoms with Gasteiger partial charge in [0, 0.05) is 5.88 Å². The zero-order valence-electron chi connectivity index (χ0n) is 12.5. The normalized spacial score (nSPS) is 11.2. The zero-order chi connectivity index (χ0) is 16.4. The Labute approximate surface area is 140 Å². The quantitative estimate of drug-likeness (QED) is 0.356. The minimum Gasteiger partial charge on any atom is -0.395 e. The van der Waals surface area contributed by atoms with E-state index in [0.717, 1.165) is 0 Å². The Hall–Kier alpha value is -1.52. The molecule has 0 heterocycles. The van der Waals surface area contributed by atoms with E-state index < -0.39 is 7.82 Å². The van der Waals surface area contributed by atoms with Crippen LogP contribution in [0.25, 0.3) is 0 Å². The number of alkyl halides is 1. The fourth-order valence-electron chi connectivity index (χ4n) is 1.66. The van der Waals surface area contributed by atoms with E-state index in [1.807, 2.05) is 12.1 Å². The Bertz CT molecular complexity index is 563. The molecule has 124 valence electrons. The fraction of sp³-hybridized carbons (Fsp3) is 0.250. The molecule has 0 aliphatic carbocycles. The number of rotatable bonds is 10. The number of para-hydroxylation sites is 2. The first-order chi connectivity index (χ1) is 11.2. The number of phosphoric acid groups is 1. The van der Waals surface area contributed by atoms with Gasteiger partial charge in [-0.3, -0.25) is 4.52 Å². The van der Waals surface area contributed by atoms with E-state index in [0.29, 0.717) is 24.0 Å². The van der Waals surface area contributed by atoms with Crippen LogP contribution in [0.3, 0.4) is 0 Å². The second-order valence-electron chi connectivity index (χ2n) is 4.39. The molecule has 0 N–H and O–H groups in total. The maximum Gasteiger partial charge on any atom is 0.587 e. The molecule has 0 amide bonds. The second kappa shape index (κ2) is 9.58. The molecule has 0 aliphatic rings. The summed E-state index contributed by atoms with van der Waals surface area (Å²) in [5.41, 5.74) is 0. The van der Waals surface area contributed by atoms with Crippen LogP contribution in [0.4, 0.5) is 0 Å². The van der Waals surface area contributed by atoms with Gasteiger partial charge < -0.3 is 13.8 Å². The molecular formula is C16H18ClO5P. The first-order valence-corrected chi connectivity index (χ1v) is 9.09. The third-order valence-electron chi connectivity index (χ3n) is 2.62. The Morgan fingerprint density at radius 1 is 0.783 bits per heavy atom. The monoisotopic (exact) mass is 356 g/mol. The molecule has 0 radical (unpaired) electrons. The molecule has 0 aliphatic heterocycles. The highest BCUT2D eigenvalue weighted by Gasteiger charge is 2.30. The van der Waals surface area contributed by atoms with Crippen molar-refractivity contribution >= 4 is 19.4 Å². The number of halogens is 1. The van der Waals surface area contributed by atoms with E-state index in [1.54, 1.807) is 48.5 Å². The summed E-state index contributed by atoms with van der Waals surface area (Å²) in [6, 6.07) is 17.4. The van der Waals surface area contributed by atoms with Crippen molar-refractivity contribution in [1.29, 1.82) is 0 Å². The van der Waals surface area contributed by atoms with Crippen molar-refractivity contribution < 1.29 is 22.9 Å². The molecule has 5 nitrogen and oxygen atoms in total. The molecule has 7 heteroatoms. The van der Waals surface area contributed by atoms with Gasteiger partial charge in [0.05, 0.1) is 19.8 Å². The van der Waals surface area contributed by atoms with Crippen molar-refractivity contribution in [2.75, 3.05) is 25.7 Å². The van der Waals surface area contributed by atoms with Crippen LogP contribution < -0.4 is 9.05 Å². The van der Waals surface area contributed by atoms with Crippen LogP contribution in [0.1, 0.15) is 0 Å². The van der Waals surface area contributed by atoms with Gasteiger partial charge in [0.15, 0.2) is 0 Å². The van der Waals surface area contributed by atoms with E-state index in [2.05, 4.69) is 0 Å². The van der Waals surface area contributed by atoms with Crippen molar-refractivity contribution in [2.45, 2.75) is 0 Å². The van der Waals surface area contributed by atoms with E-state index in [9.17, 15) is 4.57 Å². The molecule has 0 aromatic heterocycles. The van der Waals surface area contributed by atoms with Crippen molar-refractivity contribution in [3.63, 3.8) is 0 Å². The molecular weight excluding hydrogens is 339 g/mol. The molecule has 23 heavy (non-hydrogen) atoms. The minimum atomic E-state index is -3.82. The van der Waals surface area contributed by atoms with Gasteiger partial charge >= 0.3 is 7.82 Å². The lowest BCUT2D eigenvalue weighted by atomic mass is 10.3. The highest BCUT2D eigenvalue weighted by atomic mass is 35.5. The van der Waals surface area contributed by atoms with Crippen LogP contribution in [0, 0.1) is 0 Å². The maximum atomic E-state index is 12.8. The molecule has 0 spiro atoms. The van der Waals surface area contributed by atoms with Gasteiger partial charge in [-0.1, -0.05) is 36.4 Å². The third-order valence-corrected chi connectivity index (χ3v) is 4.14. The second-order valence-corrected chi connectivity index (χ2v) is 6.29. The molecule has 0 bridgehead atoms. The van der Waals surface area contributed by atoms with E-state index in [1.165, 1.54) is 0 Å². The summed E-state index contributed by atoms with van der Waals surface area (Å²) < 4.78 is 34.2. The maximum absolute atomic E-state index is 12.8. The molecule has 0 atom stereocenters. The van der Waals surface area contributed by atoms with E-state index >= 15 is 0 Å². The van der Waals surface area contributed by atoms with Gasteiger partial charge in [-0.15, -0.1) is 11.6 Å². The number of phosphoric ester groups is 1. The number of hydrogen-bond acceptors (Lipinski definition) is 5. The van der Waals surface area contributed by atoms with Crippen molar-refractivity contribution in [2.24, 2.45) is 0 Å². The van der Waals surface area contributed by atoms with Gasteiger partial charge in [-0.05, 0) is 24.3 Å². The number of ether oxygens (including phenoxy) is 1. The average molecular weight is 357 g/mol. The first kappa shape index (κ1) is 17.8. The van der Waals surface area contributed by atoms with Crippen LogP contribution >= 0.6 is 19.4 Å². The predicted molar refractivity (Wildman–Crippen MR) is 89.2 cm³/mol. The van der Waals surface area contributed by atoms with Crippen molar-refractivity contribution in [3.8, 4) is 11.5 Å². The van der Waals surface area contributed by atoms with Crippen LogP contribution in [-0.2, 0) is 13.8 Å². The largest absolute Gasteiger partial charge is 0.587 e. The predicted octanol–water partition coefficient (Wildman–Crippen LogP) is 4.52. The molecule has 0 saturated carbocycles. The molecule has 2 aromatic rings. The Morgan fingerprint density at radius 3 is 1.78 bits per heavy atom. The first-order valence-electron chi connectivity index (χ1n) is 7.09. The summed E-state index contributed by atoms with van der Waals surface area (Å²) in [4.78, 5) is 0. The van der Waals surface area contributed by atoms with Gasteiger partial charge in [0.2, 0.25) is 0 Å². The van der Waals surface area contributed by atoms with Gasteiger partial charge in [-0.2, -0.15) is 0 Å². The number of hydrogen-bond donors (Lipinski definition) is 0. The smallest absolute Gasteiger partial charge is 0.395 e. The lowest BCUT2D eigenvalue weighted by molar-refractivity contribution is 0.0974. The summed E-state index contributed by atoms with van der Waals surface area (Å²) in [5, 5.41) is 0. The topological polar surface area (TPSA) is 54.0 Å². The molecule has 0 unspecified atom stereocenters. The van der Waals surface area contributed by atoms with Crippen LogP contribution in [0.2, 0.25) is 0 Å². The standard InChI is InChI=1S/C16H18ClO5P/c17-11-12-19-13-14-20-23(18,21-15-7-3-1-4-8-15)22-16-9-5-2-6-10-16/h1-10H,11-14H2. The number of benzene rings is 2. The third kappa shape index (κ3) is 6.63. The zero-order valence-corrected chi connectivity index (χ0v) is 14.1. The van der Waals surface area contributed by atoms with Crippen LogP contribution in [0.5, 0.6) is 11.5 Å².